The third-order valence-corrected chi connectivity index (χ3v) is 9.80. The van der Waals surface area contributed by atoms with Gasteiger partial charge in [0.15, 0.2) is 17.5 Å². The monoisotopic (exact) mass is 668 g/mol. The van der Waals surface area contributed by atoms with Gasteiger partial charge < -0.3 is 4.42 Å². The van der Waals surface area contributed by atoms with Crippen molar-refractivity contribution in [1.82, 2.24) is 15.0 Å². The van der Waals surface area contributed by atoms with Gasteiger partial charge in [-0.15, -0.1) is 11.3 Å². The molecule has 3 heterocycles. The topological polar surface area (TPSA) is 51.8 Å². The molecule has 0 aliphatic rings. The Labute approximate surface area is 307 Å². The van der Waals surface area contributed by atoms with E-state index < -0.39 is 60.4 Å². The van der Waals surface area contributed by atoms with Gasteiger partial charge in [-0.1, -0.05) is 145 Å². The van der Waals surface area contributed by atoms with E-state index in [9.17, 15) is 2.74 Å². The predicted molar refractivity (Wildman–Crippen MR) is 207 cm³/mol. The summed E-state index contributed by atoms with van der Waals surface area (Å²) < 4.78 is 104. The van der Waals surface area contributed by atoms with E-state index in [-0.39, 0.29) is 44.7 Å². The van der Waals surface area contributed by atoms with E-state index >= 15 is 0 Å². The molecule has 0 radical (unpaired) electrons. The van der Waals surface area contributed by atoms with Gasteiger partial charge in [0.2, 0.25) is 0 Å². The average Bonchev–Trinajstić information content (AvgIpc) is 3.87. The highest BCUT2D eigenvalue weighted by molar-refractivity contribution is 7.26. The fourth-order valence-electron chi connectivity index (χ4n) is 6.30. The fraction of sp³-hybridized carbons (Fsp3) is 0. The lowest BCUT2D eigenvalue weighted by atomic mass is 9.94. The lowest BCUT2D eigenvalue weighted by molar-refractivity contribution is 0.670. The Bertz CT molecular complexity index is 3420. The average molecular weight is 669 g/mol. The summed E-state index contributed by atoms with van der Waals surface area (Å²) in [5.74, 6) is 1.49. The molecule has 0 bridgehead atoms. The van der Waals surface area contributed by atoms with E-state index in [1.807, 2.05) is 84.9 Å². The maximum atomic E-state index is 9.51. The molecule has 0 saturated carbocycles. The first-order valence-electron chi connectivity index (χ1n) is 21.2. The molecule has 0 N–H and O–H groups in total. The van der Waals surface area contributed by atoms with Crippen molar-refractivity contribution < 1.29 is 19.5 Å². The second-order valence-corrected chi connectivity index (χ2v) is 12.6. The Morgan fingerprint density at radius 2 is 1.14 bits per heavy atom. The van der Waals surface area contributed by atoms with Crippen LogP contribution in [0.2, 0.25) is 0 Å². The number of thiophene rings is 1. The number of fused-ring (bicyclic) bond motifs is 6. The van der Waals surface area contributed by atoms with Crippen LogP contribution < -0.4 is 0 Å². The van der Waals surface area contributed by atoms with Crippen LogP contribution in [0.5, 0.6) is 0 Å². The maximum absolute atomic E-state index is 9.51. The van der Waals surface area contributed by atoms with Crippen LogP contribution in [0.4, 0.5) is 0 Å². The smallest absolute Gasteiger partial charge is 0.164 e. The quantitative estimate of drug-likeness (QED) is 0.183. The molecule has 5 heteroatoms. The molecule has 0 atom stereocenters. The van der Waals surface area contributed by atoms with Gasteiger partial charge in [0.05, 0.1) is 15.1 Å². The van der Waals surface area contributed by atoms with E-state index in [4.69, 9.17) is 31.7 Å². The highest BCUT2D eigenvalue weighted by Crippen LogP contribution is 2.46. The third kappa shape index (κ3) is 4.71. The number of rotatable bonds is 5. The van der Waals surface area contributed by atoms with Crippen molar-refractivity contribution in [3.05, 3.63) is 164 Å². The van der Waals surface area contributed by atoms with E-state index in [2.05, 4.69) is 0 Å². The van der Waals surface area contributed by atoms with Crippen molar-refractivity contribution in [2.75, 3.05) is 0 Å². The summed E-state index contributed by atoms with van der Waals surface area (Å²) >= 11 is 1.42. The normalized spacial score (nSPS) is 14.7. The van der Waals surface area contributed by atoms with Crippen molar-refractivity contribution >= 4 is 53.4 Å². The molecule has 0 amide bonds. The zero-order chi connectivity index (χ0) is 42.6. The van der Waals surface area contributed by atoms with Crippen molar-refractivity contribution in [3.63, 3.8) is 0 Å². The summed E-state index contributed by atoms with van der Waals surface area (Å²) in [4.78, 5) is 14.6. The molecular weight excluding hydrogens is 631 g/mol. The highest BCUT2D eigenvalue weighted by atomic mass is 32.1. The van der Waals surface area contributed by atoms with Gasteiger partial charge in [0.25, 0.3) is 0 Å². The Balaban J connectivity index is 1.24. The largest absolute Gasteiger partial charge is 0.455 e. The molecule has 0 unspecified atom stereocenters. The molecule has 0 aliphatic heterocycles. The number of nitrogens with zero attached hydrogens (tertiary/aromatic N) is 3. The van der Waals surface area contributed by atoms with Crippen molar-refractivity contribution in [1.29, 1.82) is 0 Å². The minimum Gasteiger partial charge on any atom is -0.455 e. The first-order valence-corrected chi connectivity index (χ1v) is 16.5. The van der Waals surface area contributed by atoms with Crippen LogP contribution in [0.1, 0.15) is 15.1 Å². The van der Waals surface area contributed by atoms with Crippen LogP contribution in [0.3, 0.4) is 0 Å². The Morgan fingerprint density at radius 1 is 0.480 bits per heavy atom. The molecule has 4 nitrogen and oxygen atoms in total. The lowest BCUT2D eigenvalue weighted by Gasteiger charge is -2.09. The summed E-state index contributed by atoms with van der Waals surface area (Å²) in [6.45, 7) is 0. The first kappa shape index (κ1) is 19.5. The molecule has 10 aromatic rings. The Kier molecular flexibility index (Phi) is 4.54. The second kappa shape index (κ2) is 11.6. The number of para-hydroxylation sites is 1. The SMILES string of the molecule is [2H]c1c([2H])c([2H])c(-c2c([2H])c([2H])c(-c3cccc4c3sc3cc(-c5nc(-c6ccccc6)nc(-c6ccccc6)n5)ccc34)c3oc4c([2H])c([2H])c([2H])c([2H])c4c23)c([2H])c1[2H]. The summed E-state index contributed by atoms with van der Waals surface area (Å²) in [6, 6.07) is 24.5. The minimum absolute atomic E-state index is 0.0600. The van der Waals surface area contributed by atoms with E-state index in [0.29, 0.717) is 27.7 Å². The zero-order valence-electron chi connectivity index (χ0n) is 36.9. The Hall–Kier alpha value is -6.43. The standard InChI is InChI=1S/C45H27N3OS/c1-4-13-28(14-5-1)32-25-26-34(41-40(32)37-19-10-11-22-38(37)49-41)36-21-12-20-35-33-24-23-31(27-39(33)50-42(35)36)45-47-43(29-15-6-2-7-16-29)46-44(48-45)30-17-8-3-9-18-30/h1-27H/i1D,4D,5D,10D,11D,13D,14D,19D,22D,25D,26D. The third-order valence-electron chi connectivity index (χ3n) is 8.60. The van der Waals surface area contributed by atoms with Gasteiger partial charge in [-0.3, -0.25) is 0 Å². The summed E-state index contributed by atoms with van der Waals surface area (Å²) in [6.07, 6.45) is 0. The van der Waals surface area contributed by atoms with Crippen LogP contribution in [0.15, 0.2) is 168 Å². The van der Waals surface area contributed by atoms with Crippen molar-refractivity contribution in [2.24, 2.45) is 0 Å². The van der Waals surface area contributed by atoms with Gasteiger partial charge in [-0.05, 0) is 29.3 Å². The minimum atomic E-state index is -0.659. The summed E-state index contributed by atoms with van der Waals surface area (Å²) in [5, 5.41) is 1.52. The summed E-state index contributed by atoms with van der Waals surface area (Å²) in [7, 11) is 0. The van der Waals surface area contributed by atoms with Gasteiger partial charge in [0.1, 0.15) is 11.2 Å². The molecule has 10 rings (SSSR count). The molecule has 3 aromatic heterocycles. The molecule has 50 heavy (non-hydrogen) atoms. The van der Waals surface area contributed by atoms with E-state index in [1.54, 1.807) is 12.1 Å². The van der Waals surface area contributed by atoms with E-state index in [1.165, 1.54) is 11.3 Å². The zero-order valence-corrected chi connectivity index (χ0v) is 26.7. The van der Waals surface area contributed by atoms with Gasteiger partial charge in [-0.2, -0.15) is 0 Å². The Morgan fingerprint density at radius 3 is 1.88 bits per heavy atom. The van der Waals surface area contributed by atoms with Crippen LogP contribution in [0.25, 0.3) is 98.5 Å². The highest BCUT2D eigenvalue weighted by Gasteiger charge is 2.20. The predicted octanol–water partition coefficient (Wildman–Crippen LogP) is 12.5. The van der Waals surface area contributed by atoms with Crippen LogP contribution in [0, 0.1) is 0 Å². The number of benzene rings is 7. The number of hydrogen-bond donors (Lipinski definition) is 0. The molecule has 0 aliphatic carbocycles. The lowest BCUT2D eigenvalue weighted by Crippen LogP contribution is -1.99. The van der Waals surface area contributed by atoms with Gasteiger partial charge in [0, 0.05) is 58.8 Å². The fourth-order valence-corrected chi connectivity index (χ4v) is 7.56. The van der Waals surface area contributed by atoms with Crippen molar-refractivity contribution in [2.45, 2.75) is 0 Å². The van der Waals surface area contributed by atoms with E-state index in [0.717, 1.165) is 32.2 Å². The van der Waals surface area contributed by atoms with Crippen molar-refractivity contribution in [3.8, 4) is 56.4 Å². The van der Waals surface area contributed by atoms with Gasteiger partial charge >= 0.3 is 0 Å². The van der Waals surface area contributed by atoms with Crippen LogP contribution in [-0.2, 0) is 0 Å². The number of aromatic nitrogens is 3. The second-order valence-electron chi connectivity index (χ2n) is 11.5. The molecule has 0 spiro atoms. The molecular formula is C45H27N3OS. The molecule has 234 valence electrons. The number of hydrogen-bond acceptors (Lipinski definition) is 5. The maximum Gasteiger partial charge on any atom is 0.164 e. The van der Waals surface area contributed by atoms with Gasteiger partial charge in [-0.25, -0.2) is 15.0 Å². The van der Waals surface area contributed by atoms with Crippen LogP contribution >= 0.6 is 11.3 Å². The van der Waals surface area contributed by atoms with Crippen LogP contribution in [-0.4, -0.2) is 15.0 Å². The molecule has 0 fully saturated rings. The first-order chi connectivity index (χ1) is 29.3. The molecule has 0 saturated heterocycles. The number of furan rings is 1. The molecule has 7 aromatic carbocycles. The summed E-state index contributed by atoms with van der Waals surface area (Å²) in [5.41, 5.74) is 2.00.